The quantitative estimate of drug-likeness (QED) is 0.926. The Kier molecular flexibility index (Phi) is 3.38. The first-order valence-corrected chi connectivity index (χ1v) is 6.52. The van der Waals surface area contributed by atoms with E-state index in [0.29, 0.717) is 10.4 Å². The van der Waals surface area contributed by atoms with Crippen molar-refractivity contribution in [3.63, 3.8) is 0 Å². The highest BCUT2D eigenvalue weighted by molar-refractivity contribution is 9.10. The van der Waals surface area contributed by atoms with Crippen LogP contribution in [0.25, 0.3) is 5.95 Å². The standard InChI is InChI=1S/C12H15BrN4O/c1-6(2)10-9(13)11(18)17(16-10)12-14-7(3)5-8(4)15-12/h5-6,16H,1-4H3. The lowest BCUT2D eigenvalue weighted by molar-refractivity contribution is 0.725. The van der Waals surface area contributed by atoms with Gasteiger partial charge in [-0.3, -0.25) is 9.89 Å². The van der Waals surface area contributed by atoms with Gasteiger partial charge in [-0.15, -0.1) is 0 Å². The third kappa shape index (κ3) is 2.25. The molecule has 0 aliphatic heterocycles. The molecule has 0 fully saturated rings. The summed E-state index contributed by atoms with van der Waals surface area (Å²) in [5.41, 5.74) is 2.36. The summed E-state index contributed by atoms with van der Waals surface area (Å²) in [7, 11) is 0. The van der Waals surface area contributed by atoms with E-state index in [-0.39, 0.29) is 11.5 Å². The van der Waals surface area contributed by atoms with Crippen molar-refractivity contribution in [2.75, 3.05) is 0 Å². The van der Waals surface area contributed by atoms with E-state index in [1.807, 2.05) is 33.8 Å². The molecule has 2 heterocycles. The number of rotatable bonds is 2. The number of hydrogen-bond donors (Lipinski definition) is 1. The Hall–Kier alpha value is -1.43. The fourth-order valence-electron chi connectivity index (χ4n) is 1.76. The fraction of sp³-hybridized carbons (Fsp3) is 0.417. The molecule has 2 aromatic rings. The van der Waals surface area contributed by atoms with Crippen molar-refractivity contribution in [2.45, 2.75) is 33.6 Å². The van der Waals surface area contributed by atoms with E-state index >= 15 is 0 Å². The molecule has 0 amide bonds. The van der Waals surface area contributed by atoms with Gasteiger partial charge < -0.3 is 0 Å². The van der Waals surface area contributed by atoms with E-state index in [2.05, 4.69) is 31.0 Å². The first kappa shape index (κ1) is 13.0. The maximum atomic E-state index is 12.1. The minimum absolute atomic E-state index is 0.163. The number of aromatic nitrogens is 4. The molecule has 18 heavy (non-hydrogen) atoms. The third-order valence-corrected chi connectivity index (χ3v) is 3.37. The highest BCUT2D eigenvalue weighted by Gasteiger charge is 2.16. The maximum Gasteiger partial charge on any atom is 0.288 e. The predicted molar refractivity (Wildman–Crippen MR) is 73.2 cm³/mol. The molecule has 0 bridgehead atoms. The van der Waals surface area contributed by atoms with Crippen LogP contribution in [-0.2, 0) is 0 Å². The van der Waals surface area contributed by atoms with E-state index < -0.39 is 0 Å². The van der Waals surface area contributed by atoms with Crippen molar-refractivity contribution < 1.29 is 0 Å². The van der Waals surface area contributed by atoms with Gasteiger partial charge in [-0.1, -0.05) is 13.8 Å². The molecule has 0 aliphatic rings. The molecule has 96 valence electrons. The lowest BCUT2D eigenvalue weighted by atomic mass is 10.1. The van der Waals surface area contributed by atoms with Gasteiger partial charge >= 0.3 is 0 Å². The number of nitrogens with zero attached hydrogens (tertiary/aromatic N) is 3. The van der Waals surface area contributed by atoms with Gasteiger partial charge in [0.2, 0.25) is 0 Å². The summed E-state index contributed by atoms with van der Waals surface area (Å²) in [4.78, 5) is 20.7. The van der Waals surface area contributed by atoms with E-state index in [1.165, 1.54) is 4.68 Å². The van der Waals surface area contributed by atoms with Gasteiger partial charge in [0.15, 0.2) is 0 Å². The van der Waals surface area contributed by atoms with Crippen molar-refractivity contribution in [1.29, 1.82) is 0 Å². The van der Waals surface area contributed by atoms with E-state index in [0.717, 1.165) is 17.1 Å². The smallest absolute Gasteiger partial charge is 0.288 e. The number of aromatic amines is 1. The van der Waals surface area contributed by atoms with Crippen LogP contribution in [0.5, 0.6) is 0 Å². The molecular formula is C12H15BrN4O. The lowest BCUT2D eigenvalue weighted by Crippen LogP contribution is -2.18. The normalized spacial score (nSPS) is 11.2. The highest BCUT2D eigenvalue weighted by Crippen LogP contribution is 2.19. The summed E-state index contributed by atoms with van der Waals surface area (Å²) in [5, 5.41) is 3.05. The Labute approximate surface area is 113 Å². The van der Waals surface area contributed by atoms with Crippen LogP contribution in [0.2, 0.25) is 0 Å². The van der Waals surface area contributed by atoms with Gasteiger partial charge in [-0.2, -0.15) is 4.68 Å². The summed E-state index contributed by atoms with van der Waals surface area (Å²) in [6.07, 6.45) is 0. The molecule has 2 rings (SSSR count). The average molecular weight is 311 g/mol. The zero-order valence-electron chi connectivity index (χ0n) is 10.8. The van der Waals surface area contributed by atoms with Gasteiger partial charge in [0, 0.05) is 11.4 Å². The zero-order chi connectivity index (χ0) is 13.4. The summed E-state index contributed by atoms with van der Waals surface area (Å²) < 4.78 is 1.92. The highest BCUT2D eigenvalue weighted by atomic mass is 79.9. The molecule has 6 heteroatoms. The minimum atomic E-state index is -0.163. The monoisotopic (exact) mass is 310 g/mol. The Morgan fingerprint density at radius 3 is 2.28 bits per heavy atom. The largest absolute Gasteiger partial charge is 0.291 e. The average Bonchev–Trinajstić information content (AvgIpc) is 2.55. The fourth-order valence-corrected chi connectivity index (χ4v) is 2.49. The summed E-state index contributed by atoms with van der Waals surface area (Å²) >= 11 is 3.32. The molecule has 0 spiro atoms. The van der Waals surface area contributed by atoms with Crippen LogP contribution in [0, 0.1) is 13.8 Å². The van der Waals surface area contributed by atoms with Crippen molar-refractivity contribution in [3.05, 3.63) is 38.0 Å². The molecule has 5 nitrogen and oxygen atoms in total. The van der Waals surface area contributed by atoms with Gasteiger partial charge in [0.25, 0.3) is 11.5 Å². The Balaban J connectivity index is 2.65. The number of halogens is 1. The minimum Gasteiger partial charge on any atom is -0.291 e. The molecule has 1 N–H and O–H groups in total. The molecule has 0 aromatic carbocycles. The van der Waals surface area contributed by atoms with Crippen molar-refractivity contribution in [3.8, 4) is 5.95 Å². The molecule has 0 atom stereocenters. The molecule has 0 saturated carbocycles. The van der Waals surface area contributed by atoms with Crippen LogP contribution in [0.3, 0.4) is 0 Å². The van der Waals surface area contributed by atoms with Crippen LogP contribution < -0.4 is 5.56 Å². The second-order valence-electron chi connectivity index (χ2n) is 4.59. The van der Waals surface area contributed by atoms with E-state index in [1.54, 1.807) is 0 Å². The summed E-state index contributed by atoms with van der Waals surface area (Å²) in [5.74, 6) is 0.601. The second kappa shape index (κ2) is 4.68. The molecule has 0 radical (unpaired) electrons. The Morgan fingerprint density at radius 2 is 1.83 bits per heavy atom. The first-order chi connectivity index (χ1) is 8.40. The number of aryl methyl sites for hydroxylation is 2. The van der Waals surface area contributed by atoms with Crippen molar-refractivity contribution in [2.24, 2.45) is 0 Å². The lowest BCUT2D eigenvalue weighted by Gasteiger charge is -2.04. The summed E-state index contributed by atoms with van der Waals surface area (Å²) in [6.45, 7) is 7.79. The SMILES string of the molecule is Cc1cc(C)nc(-n2[nH]c(C(C)C)c(Br)c2=O)n1. The topological polar surface area (TPSA) is 63.6 Å². The second-order valence-corrected chi connectivity index (χ2v) is 5.38. The number of nitrogens with one attached hydrogen (secondary N) is 1. The van der Waals surface area contributed by atoms with Gasteiger partial charge in [-0.05, 0) is 41.8 Å². The molecule has 2 aromatic heterocycles. The van der Waals surface area contributed by atoms with Crippen LogP contribution in [0.15, 0.2) is 15.3 Å². The van der Waals surface area contributed by atoms with Crippen LogP contribution in [0.1, 0.15) is 36.8 Å². The third-order valence-electron chi connectivity index (χ3n) is 2.61. The first-order valence-electron chi connectivity index (χ1n) is 5.73. The van der Waals surface area contributed by atoms with Crippen molar-refractivity contribution >= 4 is 15.9 Å². The maximum absolute atomic E-state index is 12.1. The Bertz CT molecular complexity index is 622. The molecule has 0 saturated heterocycles. The van der Waals surface area contributed by atoms with E-state index in [4.69, 9.17) is 0 Å². The number of H-pyrrole nitrogens is 1. The zero-order valence-corrected chi connectivity index (χ0v) is 12.4. The molecule has 0 unspecified atom stereocenters. The Morgan fingerprint density at radius 1 is 1.28 bits per heavy atom. The molecule has 0 aliphatic carbocycles. The van der Waals surface area contributed by atoms with Gasteiger partial charge in [0.1, 0.15) is 4.47 Å². The van der Waals surface area contributed by atoms with Gasteiger partial charge in [-0.25, -0.2) is 9.97 Å². The van der Waals surface area contributed by atoms with Gasteiger partial charge in [0.05, 0.1) is 5.69 Å². The van der Waals surface area contributed by atoms with Crippen LogP contribution in [-0.4, -0.2) is 19.7 Å². The van der Waals surface area contributed by atoms with E-state index in [9.17, 15) is 4.79 Å². The molecular weight excluding hydrogens is 296 g/mol. The van der Waals surface area contributed by atoms with Crippen LogP contribution >= 0.6 is 15.9 Å². The number of hydrogen-bond acceptors (Lipinski definition) is 3. The van der Waals surface area contributed by atoms with Crippen molar-refractivity contribution in [1.82, 2.24) is 19.7 Å². The summed E-state index contributed by atoms with van der Waals surface area (Å²) in [6, 6.07) is 1.87. The van der Waals surface area contributed by atoms with Crippen LogP contribution in [0.4, 0.5) is 0 Å². The predicted octanol–water partition coefficient (Wildman–Crippen LogP) is 2.46.